The molecule has 0 aliphatic carbocycles. The zero-order valence-electron chi connectivity index (χ0n) is 12.2. The van der Waals surface area contributed by atoms with Gasteiger partial charge in [-0.1, -0.05) is 0 Å². The van der Waals surface area contributed by atoms with E-state index < -0.39 is 0 Å². The molecule has 1 N–H and O–H groups in total. The molecule has 112 valence electrons. The minimum Gasteiger partial charge on any atom is -0.459 e. The van der Waals surface area contributed by atoms with Crippen LogP contribution in [0.3, 0.4) is 0 Å². The van der Waals surface area contributed by atoms with E-state index in [-0.39, 0.29) is 18.1 Å². The Hall–Kier alpha value is -1.33. The number of anilines is 1. The molecule has 0 saturated heterocycles. The normalized spacial score (nSPS) is 12.2. The summed E-state index contributed by atoms with van der Waals surface area (Å²) in [6, 6.07) is 9.69. The van der Waals surface area contributed by atoms with Gasteiger partial charge >= 0.3 is 5.97 Å². The first-order valence-corrected chi connectivity index (χ1v) is 8.44. The van der Waals surface area contributed by atoms with Crippen molar-refractivity contribution in [1.82, 2.24) is 0 Å². The molecule has 5 heteroatoms. The van der Waals surface area contributed by atoms with Crippen LogP contribution in [0, 0.1) is 0 Å². The number of benzene rings is 1. The molecule has 0 amide bonds. The number of thiophene rings is 1. The summed E-state index contributed by atoms with van der Waals surface area (Å²) in [6.45, 7) is 5.79. The molecule has 1 atom stereocenters. The van der Waals surface area contributed by atoms with Crippen LogP contribution in [0.25, 0.3) is 0 Å². The van der Waals surface area contributed by atoms with Gasteiger partial charge in [0.2, 0.25) is 0 Å². The summed E-state index contributed by atoms with van der Waals surface area (Å²) >= 11 is 5.17. The van der Waals surface area contributed by atoms with E-state index in [4.69, 9.17) is 4.74 Å². The van der Waals surface area contributed by atoms with Crippen LogP contribution in [0.15, 0.2) is 40.2 Å². The largest absolute Gasteiger partial charge is 0.459 e. The summed E-state index contributed by atoms with van der Waals surface area (Å²) in [7, 11) is 0. The first-order valence-electron chi connectivity index (χ1n) is 6.77. The predicted molar refractivity (Wildman–Crippen MR) is 91.1 cm³/mol. The molecule has 3 nitrogen and oxygen atoms in total. The molecule has 0 aliphatic rings. The van der Waals surface area contributed by atoms with Gasteiger partial charge in [-0.3, -0.25) is 0 Å². The zero-order valence-corrected chi connectivity index (χ0v) is 14.6. The predicted octanol–water partition coefficient (Wildman–Crippen LogP) is 5.25. The minimum atomic E-state index is -0.285. The Labute approximate surface area is 137 Å². The van der Waals surface area contributed by atoms with Gasteiger partial charge in [-0.2, -0.15) is 0 Å². The van der Waals surface area contributed by atoms with Crippen molar-refractivity contribution in [2.24, 2.45) is 0 Å². The second-order valence-electron chi connectivity index (χ2n) is 5.06. The maximum absolute atomic E-state index is 11.8. The summed E-state index contributed by atoms with van der Waals surface area (Å²) in [5, 5.41) is 5.48. The van der Waals surface area contributed by atoms with Gasteiger partial charge in [0.1, 0.15) is 0 Å². The van der Waals surface area contributed by atoms with Crippen molar-refractivity contribution >= 4 is 38.9 Å². The number of carbonyl (C=O) groups is 1. The van der Waals surface area contributed by atoms with Crippen molar-refractivity contribution in [3.05, 3.63) is 50.6 Å². The molecule has 2 rings (SSSR count). The van der Waals surface area contributed by atoms with Gasteiger partial charge in [0.15, 0.2) is 0 Å². The third kappa shape index (κ3) is 4.58. The smallest absolute Gasteiger partial charge is 0.338 e. The number of halogens is 1. The molecular weight excluding hydrogens is 350 g/mol. The van der Waals surface area contributed by atoms with E-state index >= 15 is 0 Å². The van der Waals surface area contributed by atoms with Crippen LogP contribution in [0.5, 0.6) is 0 Å². The van der Waals surface area contributed by atoms with Crippen molar-refractivity contribution in [3.63, 3.8) is 0 Å². The van der Waals surface area contributed by atoms with Gasteiger partial charge in [-0.05, 0) is 67.0 Å². The number of hydrogen-bond donors (Lipinski definition) is 1. The fraction of sp³-hybridized carbons (Fsp3) is 0.312. The van der Waals surface area contributed by atoms with Crippen LogP contribution in [0.4, 0.5) is 5.69 Å². The fourth-order valence-electron chi connectivity index (χ4n) is 1.86. The van der Waals surface area contributed by atoms with E-state index in [0.717, 1.165) is 10.2 Å². The van der Waals surface area contributed by atoms with Crippen molar-refractivity contribution < 1.29 is 9.53 Å². The van der Waals surface area contributed by atoms with Gasteiger partial charge in [0.25, 0.3) is 0 Å². The zero-order chi connectivity index (χ0) is 15.4. The second-order valence-corrected chi connectivity index (χ2v) is 6.92. The van der Waals surface area contributed by atoms with E-state index in [9.17, 15) is 4.79 Å². The first kappa shape index (κ1) is 16.0. The highest BCUT2D eigenvalue weighted by atomic mass is 79.9. The average Bonchev–Trinajstić information content (AvgIpc) is 2.85. The SMILES string of the molecule is CC(C)OC(=O)c1ccc(NC(C)c2cc(Br)cs2)cc1. The summed E-state index contributed by atoms with van der Waals surface area (Å²) < 4.78 is 6.27. The molecule has 0 fully saturated rings. The number of ether oxygens (including phenoxy) is 1. The molecule has 0 saturated carbocycles. The van der Waals surface area contributed by atoms with Crippen molar-refractivity contribution in [1.29, 1.82) is 0 Å². The van der Waals surface area contributed by atoms with Crippen LogP contribution >= 0.6 is 27.3 Å². The van der Waals surface area contributed by atoms with Crippen molar-refractivity contribution in [2.75, 3.05) is 5.32 Å². The molecule has 2 aromatic rings. The Bertz CT molecular complexity index is 607. The summed E-state index contributed by atoms with van der Waals surface area (Å²) in [6.07, 6.45) is -0.104. The van der Waals surface area contributed by atoms with Crippen molar-refractivity contribution in [2.45, 2.75) is 32.9 Å². The third-order valence-corrected chi connectivity index (χ3v) is 4.74. The summed E-state index contributed by atoms with van der Waals surface area (Å²) in [4.78, 5) is 13.0. The van der Waals surface area contributed by atoms with Gasteiger partial charge in [0, 0.05) is 20.4 Å². The van der Waals surface area contributed by atoms with E-state index in [1.807, 2.05) is 26.0 Å². The number of rotatable bonds is 5. The number of esters is 1. The monoisotopic (exact) mass is 367 g/mol. The Morgan fingerprint density at radius 1 is 1.24 bits per heavy atom. The molecule has 0 bridgehead atoms. The molecule has 1 aromatic heterocycles. The first-order chi connectivity index (χ1) is 9.95. The van der Waals surface area contributed by atoms with Gasteiger partial charge in [-0.15, -0.1) is 11.3 Å². The van der Waals surface area contributed by atoms with Crippen LogP contribution in [-0.2, 0) is 4.74 Å². The quantitative estimate of drug-likeness (QED) is 0.733. The molecule has 21 heavy (non-hydrogen) atoms. The highest BCUT2D eigenvalue weighted by molar-refractivity contribution is 9.10. The topological polar surface area (TPSA) is 38.3 Å². The maximum Gasteiger partial charge on any atom is 0.338 e. The minimum absolute atomic E-state index is 0.104. The fourth-order valence-corrected chi connectivity index (χ4v) is 3.31. The van der Waals surface area contributed by atoms with Crippen LogP contribution in [0.2, 0.25) is 0 Å². The Balaban J connectivity index is 2.00. The van der Waals surface area contributed by atoms with Crippen LogP contribution < -0.4 is 5.32 Å². The standard InChI is InChI=1S/C16H18BrNO2S/c1-10(2)20-16(19)12-4-6-14(7-5-12)18-11(3)15-8-13(17)9-21-15/h4-11,18H,1-3H3. The molecule has 0 spiro atoms. The number of hydrogen-bond acceptors (Lipinski definition) is 4. The Morgan fingerprint density at radius 2 is 1.90 bits per heavy atom. The lowest BCUT2D eigenvalue weighted by atomic mass is 10.2. The third-order valence-electron chi connectivity index (χ3n) is 2.86. The second kappa shape index (κ2) is 7.09. The van der Waals surface area contributed by atoms with Crippen LogP contribution in [-0.4, -0.2) is 12.1 Å². The highest BCUT2D eigenvalue weighted by Gasteiger charge is 2.11. The summed E-state index contributed by atoms with van der Waals surface area (Å²) in [5.41, 5.74) is 1.55. The number of carbonyl (C=O) groups excluding carboxylic acids is 1. The number of nitrogens with one attached hydrogen (secondary N) is 1. The van der Waals surface area contributed by atoms with E-state index in [0.29, 0.717) is 5.56 Å². The van der Waals surface area contributed by atoms with Crippen molar-refractivity contribution in [3.8, 4) is 0 Å². The average molecular weight is 368 g/mol. The lowest BCUT2D eigenvalue weighted by Crippen LogP contribution is -2.11. The molecule has 1 unspecified atom stereocenters. The summed E-state index contributed by atoms with van der Waals surface area (Å²) in [5.74, 6) is -0.285. The Kier molecular flexibility index (Phi) is 5.42. The molecular formula is C16H18BrNO2S. The van der Waals surface area contributed by atoms with E-state index in [1.54, 1.807) is 23.5 Å². The van der Waals surface area contributed by atoms with Gasteiger partial charge in [-0.25, -0.2) is 4.79 Å². The maximum atomic E-state index is 11.8. The van der Waals surface area contributed by atoms with Gasteiger partial charge in [0.05, 0.1) is 17.7 Å². The molecule has 1 heterocycles. The van der Waals surface area contributed by atoms with E-state index in [2.05, 4.69) is 39.6 Å². The highest BCUT2D eigenvalue weighted by Crippen LogP contribution is 2.28. The lowest BCUT2D eigenvalue weighted by Gasteiger charge is -2.14. The Morgan fingerprint density at radius 3 is 2.43 bits per heavy atom. The van der Waals surface area contributed by atoms with Crippen LogP contribution in [0.1, 0.15) is 42.0 Å². The molecule has 1 aromatic carbocycles. The molecule has 0 radical (unpaired) electrons. The van der Waals surface area contributed by atoms with Gasteiger partial charge < -0.3 is 10.1 Å². The molecule has 0 aliphatic heterocycles. The lowest BCUT2D eigenvalue weighted by molar-refractivity contribution is 0.0378. The van der Waals surface area contributed by atoms with E-state index in [1.165, 1.54) is 4.88 Å².